The van der Waals surface area contributed by atoms with Gasteiger partial charge < -0.3 is 4.90 Å². The smallest absolute Gasteiger partial charge is 0.246 e. The van der Waals surface area contributed by atoms with E-state index in [-0.39, 0.29) is 24.5 Å². The molecule has 6 nitrogen and oxygen atoms in total. The molecule has 0 unspecified atom stereocenters. The number of amides is 1. The third kappa shape index (κ3) is 3.47. The number of benzene rings is 1. The first-order valence-corrected chi connectivity index (χ1v) is 8.76. The van der Waals surface area contributed by atoms with Gasteiger partial charge in [0.2, 0.25) is 11.7 Å². The van der Waals surface area contributed by atoms with Crippen molar-refractivity contribution in [3.8, 4) is 11.4 Å². The van der Waals surface area contributed by atoms with Gasteiger partial charge in [0.15, 0.2) is 0 Å². The van der Waals surface area contributed by atoms with Gasteiger partial charge >= 0.3 is 0 Å². The van der Waals surface area contributed by atoms with Crippen molar-refractivity contribution in [3.63, 3.8) is 0 Å². The highest BCUT2D eigenvalue weighted by Crippen LogP contribution is 2.22. The number of aromatic nitrogens is 4. The molecule has 1 aromatic heterocycles. The van der Waals surface area contributed by atoms with E-state index in [4.69, 9.17) is 0 Å². The van der Waals surface area contributed by atoms with Gasteiger partial charge in [-0.1, -0.05) is 31.2 Å². The van der Waals surface area contributed by atoms with E-state index >= 15 is 0 Å². The molecule has 1 saturated heterocycles. The summed E-state index contributed by atoms with van der Waals surface area (Å²) in [4.78, 5) is 16.0. The van der Waals surface area contributed by atoms with Crippen LogP contribution in [0.1, 0.15) is 45.6 Å². The summed E-state index contributed by atoms with van der Waals surface area (Å²) in [6.45, 7) is 6.50. The number of aryl methyl sites for hydroxylation is 1. The van der Waals surface area contributed by atoms with Gasteiger partial charge in [-0.05, 0) is 50.3 Å². The first kappa shape index (κ1) is 16.6. The van der Waals surface area contributed by atoms with Crippen LogP contribution in [-0.2, 0) is 17.8 Å². The largest absolute Gasteiger partial charge is 0.336 e. The third-order valence-corrected chi connectivity index (χ3v) is 4.83. The zero-order chi connectivity index (χ0) is 17.1. The molecule has 0 spiro atoms. The number of carbonyl (C=O) groups is 1. The predicted molar refractivity (Wildman–Crippen MR) is 92.3 cm³/mol. The maximum absolute atomic E-state index is 12.6. The summed E-state index contributed by atoms with van der Waals surface area (Å²) in [5.74, 6) is 0.630. The normalized spacial score (nSPS) is 21.0. The molecule has 1 amide bonds. The second-order valence-electron chi connectivity index (χ2n) is 6.62. The Bertz CT molecular complexity index is 684. The van der Waals surface area contributed by atoms with Crippen molar-refractivity contribution in [1.82, 2.24) is 25.1 Å². The highest BCUT2D eigenvalue weighted by atomic mass is 16.2. The minimum absolute atomic E-state index is 0.0694. The summed E-state index contributed by atoms with van der Waals surface area (Å²) in [6.07, 6.45) is 4.32. The van der Waals surface area contributed by atoms with Crippen LogP contribution in [0, 0.1) is 0 Å². The summed E-state index contributed by atoms with van der Waals surface area (Å²) in [6, 6.07) is 8.70. The monoisotopic (exact) mass is 327 g/mol. The van der Waals surface area contributed by atoms with E-state index in [2.05, 4.69) is 48.3 Å². The number of likely N-dealkylation sites (tertiary alicyclic amines) is 1. The summed E-state index contributed by atoms with van der Waals surface area (Å²) < 4.78 is 0. The number of carbonyl (C=O) groups excluding carboxylic acids is 1. The van der Waals surface area contributed by atoms with Crippen molar-refractivity contribution in [1.29, 1.82) is 0 Å². The molecule has 1 aliphatic heterocycles. The molecule has 2 atom stereocenters. The molecular formula is C18H25N5O. The average molecular weight is 327 g/mol. The van der Waals surface area contributed by atoms with Gasteiger partial charge in [-0.15, -0.1) is 10.2 Å². The lowest BCUT2D eigenvalue weighted by atomic mass is 9.97. The Morgan fingerprint density at radius 3 is 2.46 bits per heavy atom. The number of tetrazole rings is 1. The van der Waals surface area contributed by atoms with Crippen LogP contribution in [0.25, 0.3) is 11.4 Å². The minimum atomic E-state index is 0.0694. The van der Waals surface area contributed by atoms with Crippen LogP contribution >= 0.6 is 0 Å². The van der Waals surface area contributed by atoms with Crippen LogP contribution in [0.4, 0.5) is 0 Å². The zero-order valence-corrected chi connectivity index (χ0v) is 14.6. The molecule has 128 valence electrons. The Hall–Kier alpha value is -2.24. The molecule has 1 aliphatic rings. The van der Waals surface area contributed by atoms with Gasteiger partial charge in [0.05, 0.1) is 0 Å². The standard InChI is InChI=1S/C18H25N5O/c1-4-15-8-10-16(11-9-15)18-19-21-22(20-18)12-17(24)23-13(2)6-5-7-14(23)3/h8-11,13-14H,4-7,12H2,1-3H3/t13-,14-/m1/s1. The van der Waals surface area contributed by atoms with Crippen molar-refractivity contribution in [3.05, 3.63) is 29.8 Å². The maximum Gasteiger partial charge on any atom is 0.246 e. The van der Waals surface area contributed by atoms with E-state index in [9.17, 15) is 4.79 Å². The first-order valence-electron chi connectivity index (χ1n) is 8.76. The van der Waals surface area contributed by atoms with Gasteiger partial charge in [0.25, 0.3) is 0 Å². The van der Waals surface area contributed by atoms with Gasteiger partial charge in [-0.25, -0.2) is 0 Å². The van der Waals surface area contributed by atoms with Crippen molar-refractivity contribution >= 4 is 5.91 Å². The van der Waals surface area contributed by atoms with E-state index in [1.165, 1.54) is 16.8 Å². The molecule has 0 aliphatic carbocycles. The highest BCUT2D eigenvalue weighted by Gasteiger charge is 2.29. The number of piperidine rings is 1. The van der Waals surface area contributed by atoms with E-state index in [0.717, 1.165) is 24.8 Å². The summed E-state index contributed by atoms with van der Waals surface area (Å²) in [5, 5.41) is 12.5. The van der Waals surface area contributed by atoms with Crippen LogP contribution < -0.4 is 0 Å². The fraction of sp³-hybridized carbons (Fsp3) is 0.556. The first-order chi connectivity index (χ1) is 11.6. The molecule has 6 heteroatoms. The predicted octanol–water partition coefficient (Wildman–Crippen LogP) is 2.69. The molecule has 2 heterocycles. The molecule has 24 heavy (non-hydrogen) atoms. The van der Waals surface area contributed by atoms with Crippen LogP contribution in [0.2, 0.25) is 0 Å². The lowest BCUT2D eigenvalue weighted by Gasteiger charge is -2.38. The quantitative estimate of drug-likeness (QED) is 0.866. The van der Waals surface area contributed by atoms with Crippen molar-refractivity contribution in [2.45, 2.75) is 65.1 Å². The maximum atomic E-state index is 12.6. The molecule has 0 radical (unpaired) electrons. The summed E-state index contributed by atoms with van der Waals surface area (Å²) in [5.41, 5.74) is 2.19. The van der Waals surface area contributed by atoms with Crippen LogP contribution in [0.15, 0.2) is 24.3 Å². The van der Waals surface area contributed by atoms with Crippen LogP contribution in [0.5, 0.6) is 0 Å². The van der Waals surface area contributed by atoms with Crippen LogP contribution in [-0.4, -0.2) is 43.1 Å². The molecule has 1 fully saturated rings. The van der Waals surface area contributed by atoms with Crippen LogP contribution in [0.3, 0.4) is 0 Å². The second-order valence-corrected chi connectivity index (χ2v) is 6.62. The number of rotatable bonds is 4. The van der Waals surface area contributed by atoms with Gasteiger partial charge in [-0.2, -0.15) is 4.80 Å². The van der Waals surface area contributed by atoms with E-state index < -0.39 is 0 Å². The second kappa shape index (κ2) is 7.11. The van der Waals surface area contributed by atoms with Crippen molar-refractivity contribution in [2.75, 3.05) is 0 Å². The van der Waals surface area contributed by atoms with E-state index in [1.54, 1.807) is 0 Å². The minimum Gasteiger partial charge on any atom is -0.336 e. The summed E-state index contributed by atoms with van der Waals surface area (Å²) >= 11 is 0. The number of hydrogen-bond donors (Lipinski definition) is 0. The molecule has 3 rings (SSSR count). The zero-order valence-electron chi connectivity index (χ0n) is 14.6. The Labute approximate surface area is 142 Å². The number of nitrogens with zero attached hydrogens (tertiary/aromatic N) is 5. The lowest BCUT2D eigenvalue weighted by Crippen LogP contribution is -2.48. The third-order valence-electron chi connectivity index (χ3n) is 4.83. The van der Waals surface area contributed by atoms with Gasteiger partial charge in [0.1, 0.15) is 6.54 Å². The number of hydrogen-bond acceptors (Lipinski definition) is 4. The topological polar surface area (TPSA) is 63.9 Å². The Balaban J connectivity index is 1.70. The van der Waals surface area contributed by atoms with E-state index in [1.807, 2.05) is 17.0 Å². The SMILES string of the molecule is CCc1ccc(-c2nnn(CC(=O)N3[C@H](C)CCC[C@H]3C)n2)cc1. The fourth-order valence-corrected chi connectivity index (χ4v) is 3.43. The Kier molecular flexibility index (Phi) is 4.92. The molecular weight excluding hydrogens is 302 g/mol. The molecule has 0 saturated carbocycles. The van der Waals surface area contributed by atoms with Crippen molar-refractivity contribution < 1.29 is 4.79 Å². The molecule has 0 bridgehead atoms. The highest BCUT2D eigenvalue weighted by molar-refractivity contribution is 5.76. The van der Waals surface area contributed by atoms with Crippen molar-refractivity contribution in [2.24, 2.45) is 0 Å². The molecule has 2 aromatic rings. The van der Waals surface area contributed by atoms with E-state index in [0.29, 0.717) is 5.82 Å². The Morgan fingerprint density at radius 1 is 1.17 bits per heavy atom. The van der Waals surface area contributed by atoms with Gasteiger partial charge in [-0.3, -0.25) is 4.79 Å². The molecule has 0 N–H and O–H groups in total. The average Bonchev–Trinajstić information content (AvgIpc) is 3.03. The van der Waals surface area contributed by atoms with Gasteiger partial charge in [0, 0.05) is 17.6 Å². The Morgan fingerprint density at radius 2 is 1.83 bits per heavy atom. The fourth-order valence-electron chi connectivity index (χ4n) is 3.43. The lowest BCUT2D eigenvalue weighted by molar-refractivity contribution is -0.138. The summed E-state index contributed by atoms with van der Waals surface area (Å²) in [7, 11) is 0. The molecule has 1 aromatic carbocycles.